The van der Waals surface area contributed by atoms with Gasteiger partial charge in [-0.3, -0.25) is 0 Å². The number of hydrogen-bond donors (Lipinski definition) is 0. The minimum Gasteiger partial charge on any atom is -0.207 e. The highest BCUT2D eigenvalue weighted by Gasteiger charge is 2.21. The van der Waals surface area contributed by atoms with Gasteiger partial charge >= 0.3 is 0 Å². The van der Waals surface area contributed by atoms with Crippen molar-refractivity contribution in [3.8, 4) is 0 Å². The van der Waals surface area contributed by atoms with Crippen molar-refractivity contribution in [3.05, 3.63) is 34.9 Å². The Morgan fingerprint density at radius 1 is 1.00 bits per heavy atom. The summed E-state index contributed by atoms with van der Waals surface area (Å²) in [6, 6.07) is 2.64. The largest absolute Gasteiger partial charge is 0.207 e. The predicted molar refractivity (Wildman–Crippen MR) is 59.1 cm³/mol. The molecule has 1 aromatic rings. The number of benzene rings is 1. The van der Waals surface area contributed by atoms with Crippen LogP contribution in [-0.4, -0.2) is 0 Å². The molecule has 0 nitrogen and oxygen atoms in total. The fourth-order valence-corrected chi connectivity index (χ4v) is 1.58. The molecule has 1 aromatic carbocycles. The molecule has 0 saturated heterocycles. The molecule has 0 unspecified atom stereocenters. The van der Waals surface area contributed by atoms with Crippen LogP contribution in [0.5, 0.6) is 0 Å². The van der Waals surface area contributed by atoms with Gasteiger partial charge in [-0.2, -0.15) is 0 Å². The second kappa shape index (κ2) is 3.92. The average molecular weight is 212 g/mol. The molecule has 0 aliphatic rings. The first-order chi connectivity index (χ1) is 6.73. The van der Waals surface area contributed by atoms with Crippen molar-refractivity contribution in [1.29, 1.82) is 0 Å². The third-order valence-electron chi connectivity index (χ3n) is 2.52. The van der Waals surface area contributed by atoms with E-state index in [0.717, 1.165) is 0 Å². The van der Waals surface area contributed by atoms with Crippen molar-refractivity contribution in [3.63, 3.8) is 0 Å². The highest BCUT2D eigenvalue weighted by molar-refractivity contribution is 5.32. The molecule has 84 valence electrons. The van der Waals surface area contributed by atoms with Gasteiger partial charge in [-0.05, 0) is 34.6 Å². The molecular weight excluding hydrogens is 194 g/mol. The van der Waals surface area contributed by atoms with E-state index in [0.29, 0.717) is 11.1 Å². The van der Waals surface area contributed by atoms with Crippen molar-refractivity contribution in [1.82, 2.24) is 0 Å². The van der Waals surface area contributed by atoms with E-state index >= 15 is 0 Å². The van der Waals surface area contributed by atoms with Crippen LogP contribution in [0.4, 0.5) is 8.78 Å². The molecule has 0 aliphatic heterocycles. The van der Waals surface area contributed by atoms with Gasteiger partial charge in [-0.25, -0.2) is 8.78 Å². The Labute approximate surface area is 90.3 Å². The molecule has 0 spiro atoms. The Balaban J connectivity index is 3.32. The van der Waals surface area contributed by atoms with Crippen LogP contribution in [0.1, 0.15) is 51.7 Å². The summed E-state index contributed by atoms with van der Waals surface area (Å²) in [5.74, 6) is -0.613. The van der Waals surface area contributed by atoms with E-state index in [-0.39, 0.29) is 23.0 Å². The Hall–Kier alpha value is -0.920. The van der Waals surface area contributed by atoms with Gasteiger partial charge in [0.05, 0.1) is 0 Å². The molecule has 0 fully saturated rings. The van der Waals surface area contributed by atoms with Crippen LogP contribution >= 0.6 is 0 Å². The minimum atomic E-state index is -0.361. The van der Waals surface area contributed by atoms with Crippen molar-refractivity contribution in [2.75, 3.05) is 0 Å². The summed E-state index contributed by atoms with van der Waals surface area (Å²) in [5, 5.41) is 0. The van der Waals surface area contributed by atoms with Crippen LogP contribution in [0, 0.1) is 11.6 Å². The van der Waals surface area contributed by atoms with E-state index in [1.54, 1.807) is 0 Å². The minimum absolute atomic E-state index is 0.00789. The second-order valence-corrected chi connectivity index (χ2v) is 5.26. The van der Waals surface area contributed by atoms with Gasteiger partial charge in [0.25, 0.3) is 0 Å². The summed E-state index contributed by atoms with van der Waals surface area (Å²) >= 11 is 0. The zero-order valence-corrected chi connectivity index (χ0v) is 9.99. The molecule has 0 heterocycles. The maximum atomic E-state index is 13.7. The van der Waals surface area contributed by atoms with Gasteiger partial charge in [0.15, 0.2) is 0 Å². The predicted octanol–water partition coefficient (Wildman–Crippen LogP) is 4.39. The van der Waals surface area contributed by atoms with E-state index in [1.165, 1.54) is 12.1 Å². The smallest absolute Gasteiger partial charge is 0.127 e. The van der Waals surface area contributed by atoms with Gasteiger partial charge in [-0.1, -0.05) is 34.6 Å². The van der Waals surface area contributed by atoms with E-state index in [4.69, 9.17) is 0 Å². The van der Waals surface area contributed by atoms with Gasteiger partial charge in [0.2, 0.25) is 0 Å². The molecule has 0 bridgehead atoms. The fraction of sp³-hybridized carbons (Fsp3) is 0.538. The summed E-state index contributed by atoms with van der Waals surface area (Å²) in [4.78, 5) is 0. The fourth-order valence-electron chi connectivity index (χ4n) is 1.58. The lowest BCUT2D eigenvalue weighted by molar-refractivity contribution is 0.504. The molecular formula is C13H18F2. The summed E-state index contributed by atoms with van der Waals surface area (Å²) in [7, 11) is 0. The number of rotatable bonds is 1. The van der Waals surface area contributed by atoms with Crippen LogP contribution in [0.2, 0.25) is 0 Å². The second-order valence-electron chi connectivity index (χ2n) is 5.26. The zero-order chi connectivity index (χ0) is 11.8. The Morgan fingerprint density at radius 2 is 1.53 bits per heavy atom. The SMILES string of the molecule is CC(C)c1cc(F)c(C(C)(C)C)cc1F. The first-order valence-electron chi connectivity index (χ1n) is 5.23. The van der Waals surface area contributed by atoms with Gasteiger partial charge in [-0.15, -0.1) is 0 Å². The van der Waals surface area contributed by atoms with Crippen molar-refractivity contribution < 1.29 is 8.78 Å². The quantitative estimate of drug-likeness (QED) is 0.647. The lowest BCUT2D eigenvalue weighted by Gasteiger charge is -2.21. The Bertz CT molecular complexity index is 360. The van der Waals surface area contributed by atoms with E-state index in [9.17, 15) is 8.78 Å². The number of hydrogen-bond acceptors (Lipinski definition) is 0. The molecule has 15 heavy (non-hydrogen) atoms. The third-order valence-corrected chi connectivity index (χ3v) is 2.52. The molecule has 0 aromatic heterocycles. The summed E-state index contributed by atoms with van der Waals surface area (Å²) in [5.41, 5.74) is 0.519. The van der Waals surface area contributed by atoms with Gasteiger partial charge in [0.1, 0.15) is 11.6 Å². The van der Waals surface area contributed by atoms with E-state index in [1.807, 2.05) is 34.6 Å². The van der Waals surface area contributed by atoms with Crippen LogP contribution < -0.4 is 0 Å². The molecule has 0 radical (unpaired) electrons. The molecule has 0 atom stereocenters. The maximum Gasteiger partial charge on any atom is 0.127 e. The van der Waals surface area contributed by atoms with Gasteiger partial charge in [0, 0.05) is 0 Å². The van der Waals surface area contributed by atoms with Crippen molar-refractivity contribution >= 4 is 0 Å². The summed E-state index contributed by atoms with van der Waals surface area (Å²) in [6.45, 7) is 9.34. The number of halogens is 2. The first-order valence-corrected chi connectivity index (χ1v) is 5.23. The topological polar surface area (TPSA) is 0 Å². The van der Waals surface area contributed by atoms with E-state index < -0.39 is 0 Å². The van der Waals surface area contributed by atoms with Crippen LogP contribution in [0.3, 0.4) is 0 Å². The van der Waals surface area contributed by atoms with Crippen molar-refractivity contribution in [2.45, 2.75) is 46.0 Å². The van der Waals surface area contributed by atoms with Crippen LogP contribution in [-0.2, 0) is 5.41 Å². The molecule has 0 saturated carbocycles. The molecule has 0 amide bonds. The van der Waals surface area contributed by atoms with Gasteiger partial charge < -0.3 is 0 Å². The third kappa shape index (κ3) is 2.55. The first kappa shape index (κ1) is 12.2. The Morgan fingerprint density at radius 3 is 1.93 bits per heavy atom. The molecule has 0 N–H and O–H groups in total. The highest BCUT2D eigenvalue weighted by atomic mass is 19.1. The lowest BCUT2D eigenvalue weighted by Crippen LogP contribution is -2.15. The average Bonchev–Trinajstić information content (AvgIpc) is 2.06. The Kier molecular flexibility index (Phi) is 3.17. The lowest BCUT2D eigenvalue weighted by atomic mass is 9.85. The van der Waals surface area contributed by atoms with Crippen LogP contribution in [0.15, 0.2) is 12.1 Å². The molecule has 2 heteroatoms. The molecule has 0 aliphatic carbocycles. The normalized spacial score (nSPS) is 12.3. The van der Waals surface area contributed by atoms with E-state index in [2.05, 4.69) is 0 Å². The van der Waals surface area contributed by atoms with Crippen LogP contribution in [0.25, 0.3) is 0 Å². The zero-order valence-electron chi connectivity index (χ0n) is 9.99. The molecule has 1 rings (SSSR count). The highest BCUT2D eigenvalue weighted by Crippen LogP contribution is 2.29. The standard InChI is InChI=1S/C13H18F2/c1-8(2)9-6-12(15)10(7-11(9)14)13(3,4)5/h6-8H,1-5H3. The summed E-state index contributed by atoms with van der Waals surface area (Å²) in [6.07, 6.45) is 0. The monoisotopic (exact) mass is 212 g/mol. The summed E-state index contributed by atoms with van der Waals surface area (Å²) < 4.78 is 27.4. The maximum absolute atomic E-state index is 13.7. The van der Waals surface area contributed by atoms with Crippen molar-refractivity contribution in [2.24, 2.45) is 0 Å².